The molecule has 2 fully saturated rings. The van der Waals surface area contributed by atoms with Crippen molar-refractivity contribution in [2.45, 2.75) is 52.0 Å². The van der Waals surface area contributed by atoms with Gasteiger partial charge in [0.2, 0.25) is 5.91 Å². The summed E-state index contributed by atoms with van der Waals surface area (Å²) in [4.78, 5) is 25.6. The Hall–Kier alpha value is -1.06. The first-order valence-corrected chi connectivity index (χ1v) is 6.70. The maximum Gasteiger partial charge on any atom is 0.324 e. The molecule has 1 saturated carbocycles. The molecule has 1 unspecified atom stereocenters. The van der Waals surface area contributed by atoms with Gasteiger partial charge in [0.15, 0.2) is 0 Å². The van der Waals surface area contributed by atoms with Crippen LogP contribution in [0.5, 0.6) is 0 Å². The Kier molecular flexibility index (Phi) is 3.69. The monoisotopic (exact) mass is 238 g/mol. The molecule has 0 spiro atoms. The summed E-state index contributed by atoms with van der Waals surface area (Å²) in [5.74, 6) is 0.520. The molecule has 0 aromatic carbocycles. The lowest BCUT2D eigenvalue weighted by Crippen LogP contribution is -2.58. The minimum absolute atomic E-state index is 0.0201. The van der Waals surface area contributed by atoms with Gasteiger partial charge in [0.05, 0.1) is 5.92 Å². The first kappa shape index (κ1) is 12.4. The van der Waals surface area contributed by atoms with Gasteiger partial charge in [-0.3, -0.25) is 9.69 Å². The van der Waals surface area contributed by atoms with Crippen LogP contribution in [0, 0.1) is 11.8 Å². The van der Waals surface area contributed by atoms with Crippen LogP contribution in [0.4, 0.5) is 4.79 Å². The molecule has 2 rings (SSSR count). The van der Waals surface area contributed by atoms with E-state index in [0.717, 1.165) is 32.1 Å². The number of amides is 3. The SMILES string of the molecule is CC(C)CC1CNC(=O)N(C2CCCC2)C1=O. The Morgan fingerprint density at radius 1 is 1.29 bits per heavy atom. The number of carbonyl (C=O) groups is 2. The molecule has 0 bridgehead atoms. The van der Waals surface area contributed by atoms with Gasteiger partial charge in [-0.25, -0.2) is 4.79 Å². The van der Waals surface area contributed by atoms with E-state index in [1.54, 1.807) is 0 Å². The van der Waals surface area contributed by atoms with E-state index < -0.39 is 0 Å². The number of nitrogens with one attached hydrogen (secondary N) is 1. The molecule has 96 valence electrons. The number of hydrogen-bond acceptors (Lipinski definition) is 2. The molecular formula is C13H22N2O2. The highest BCUT2D eigenvalue weighted by molar-refractivity contribution is 5.98. The van der Waals surface area contributed by atoms with Crippen molar-refractivity contribution in [3.8, 4) is 0 Å². The van der Waals surface area contributed by atoms with Crippen LogP contribution in [0.2, 0.25) is 0 Å². The van der Waals surface area contributed by atoms with Crippen molar-refractivity contribution in [1.82, 2.24) is 10.2 Å². The maximum absolute atomic E-state index is 12.3. The molecule has 1 heterocycles. The van der Waals surface area contributed by atoms with Gasteiger partial charge in [-0.2, -0.15) is 0 Å². The Balaban J connectivity index is 2.06. The minimum Gasteiger partial charge on any atom is -0.337 e. The summed E-state index contributed by atoms with van der Waals surface area (Å²) < 4.78 is 0. The van der Waals surface area contributed by atoms with E-state index in [2.05, 4.69) is 19.2 Å². The van der Waals surface area contributed by atoms with Gasteiger partial charge in [0.1, 0.15) is 0 Å². The number of nitrogens with zero attached hydrogens (tertiary/aromatic N) is 1. The van der Waals surface area contributed by atoms with Crippen LogP contribution >= 0.6 is 0 Å². The van der Waals surface area contributed by atoms with E-state index in [-0.39, 0.29) is 23.9 Å². The number of rotatable bonds is 3. The fourth-order valence-electron chi connectivity index (χ4n) is 2.94. The van der Waals surface area contributed by atoms with Gasteiger partial charge in [0, 0.05) is 12.6 Å². The molecule has 0 aromatic heterocycles. The Labute approximate surface area is 103 Å². The highest BCUT2D eigenvalue weighted by Crippen LogP contribution is 2.27. The number of hydrogen-bond donors (Lipinski definition) is 1. The highest BCUT2D eigenvalue weighted by Gasteiger charge is 2.39. The molecule has 1 N–H and O–H groups in total. The van der Waals surface area contributed by atoms with Crippen molar-refractivity contribution in [2.75, 3.05) is 6.54 Å². The van der Waals surface area contributed by atoms with Gasteiger partial charge >= 0.3 is 6.03 Å². The molecule has 0 aromatic rings. The standard InChI is InChI=1S/C13H22N2O2/c1-9(2)7-10-8-14-13(17)15(12(10)16)11-5-3-4-6-11/h9-11H,3-8H2,1-2H3,(H,14,17). The zero-order valence-electron chi connectivity index (χ0n) is 10.7. The van der Waals surface area contributed by atoms with Gasteiger partial charge in [-0.15, -0.1) is 0 Å². The number of urea groups is 1. The van der Waals surface area contributed by atoms with Crippen LogP contribution in [0.25, 0.3) is 0 Å². The predicted molar refractivity (Wildman–Crippen MR) is 65.4 cm³/mol. The molecule has 4 heteroatoms. The van der Waals surface area contributed by atoms with Crippen LogP contribution < -0.4 is 5.32 Å². The molecule has 4 nitrogen and oxygen atoms in total. The normalized spacial score (nSPS) is 26.8. The summed E-state index contributed by atoms with van der Waals surface area (Å²) in [6.45, 7) is 4.74. The van der Waals surface area contributed by atoms with Crippen molar-refractivity contribution in [3.05, 3.63) is 0 Å². The first-order valence-electron chi connectivity index (χ1n) is 6.70. The van der Waals surface area contributed by atoms with Crippen LogP contribution in [-0.2, 0) is 4.79 Å². The summed E-state index contributed by atoms with van der Waals surface area (Å²) in [6, 6.07) is -0.0284. The van der Waals surface area contributed by atoms with Crippen molar-refractivity contribution in [3.63, 3.8) is 0 Å². The van der Waals surface area contributed by atoms with E-state index in [4.69, 9.17) is 0 Å². The second-order valence-corrected chi connectivity index (χ2v) is 5.66. The van der Waals surface area contributed by atoms with Gasteiger partial charge < -0.3 is 5.32 Å². The second kappa shape index (κ2) is 5.07. The molecule has 3 amide bonds. The van der Waals surface area contributed by atoms with Crippen LogP contribution in [0.15, 0.2) is 0 Å². The van der Waals surface area contributed by atoms with Crippen LogP contribution in [0.1, 0.15) is 46.0 Å². The Morgan fingerprint density at radius 2 is 1.94 bits per heavy atom. The minimum atomic E-state index is -0.179. The average Bonchev–Trinajstić information content (AvgIpc) is 2.75. The summed E-state index contributed by atoms with van der Waals surface area (Å²) in [6.07, 6.45) is 5.09. The maximum atomic E-state index is 12.3. The van der Waals surface area contributed by atoms with E-state index in [1.807, 2.05) is 0 Å². The van der Waals surface area contributed by atoms with Crippen molar-refractivity contribution >= 4 is 11.9 Å². The Bertz CT molecular complexity index is 309. The molecule has 2 aliphatic rings. The van der Waals surface area contributed by atoms with E-state index in [1.165, 1.54) is 4.90 Å². The lowest BCUT2D eigenvalue weighted by atomic mass is 9.93. The van der Waals surface area contributed by atoms with Crippen molar-refractivity contribution in [1.29, 1.82) is 0 Å². The third-order valence-corrected chi connectivity index (χ3v) is 3.75. The van der Waals surface area contributed by atoms with Crippen LogP contribution in [-0.4, -0.2) is 29.4 Å². The van der Waals surface area contributed by atoms with E-state index in [9.17, 15) is 9.59 Å². The van der Waals surface area contributed by atoms with Crippen molar-refractivity contribution < 1.29 is 9.59 Å². The Morgan fingerprint density at radius 3 is 2.53 bits per heavy atom. The third-order valence-electron chi connectivity index (χ3n) is 3.75. The quantitative estimate of drug-likeness (QED) is 0.819. The zero-order chi connectivity index (χ0) is 12.4. The fraction of sp³-hybridized carbons (Fsp3) is 0.846. The van der Waals surface area contributed by atoms with Gasteiger partial charge in [-0.1, -0.05) is 26.7 Å². The summed E-state index contributed by atoms with van der Waals surface area (Å²) in [5.41, 5.74) is 0. The first-order chi connectivity index (χ1) is 8.09. The molecule has 1 atom stereocenters. The lowest BCUT2D eigenvalue weighted by molar-refractivity contribution is -0.136. The van der Waals surface area contributed by atoms with Crippen molar-refractivity contribution in [2.24, 2.45) is 11.8 Å². The second-order valence-electron chi connectivity index (χ2n) is 5.66. The van der Waals surface area contributed by atoms with Gasteiger partial charge in [0.25, 0.3) is 0 Å². The summed E-state index contributed by atoms with van der Waals surface area (Å²) in [5, 5.41) is 2.86. The third kappa shape index (κ3) is 2.61. The van der Waals surface area contributed by atoms with E-state index in [0.29, 0.717) is 12.5 Å². The van der Waals surface area contributed by atoms with E-state index >= 15 is 0 Å². The number of imide groups is 1. The predicted octanol–water partition coefficient (Wildman–Crippen LogP) is 2.14. The summed E-state index contributed by atoms with van der Waals surface area (Å²) >= 11 is 0. The lowest BCUT2D eigenvalue weighted by Gasteiger charge is -2.35. The zero-order valence-corrected chi connectivity index (χ0v) is 10.7. The molecule has 1 saturated heterocycles. The smallest absolute Gasteiger partial charge is 0.324 e. The molecule has 17 heavy (non-hydrogen) atoms. The molecular weight excluding hydrogens is 216 g/mol. The average molecular weight is 238 g/mol. The largest absolute Gasteiger partial charge is 0.337 e. The molecule has 0 radical (unpaired) electrons. The topological polar surface area (TPSA) is 49.4 Å². The molecule has 1 aliphatic carbocycles. The van der Waals surface area contributed by atoms with Crippen LogP contribution in [0.3, 0.4) is 0 Å². The van der Waals surface area contributed by atoms with Gasteiger partial charge in [-0.05, 0) is 25.2 Å². The fourth-order valence-corrected chi connectivity index (χ4v) is 2.94. The highest BCUT2D eigenvalue weighted by atomic mass is 16.2. The molecule has 1 aliphatic heterocycles. The summed E-state index contributed by atoms with van der Waals surface area (Å²) in [7, 11) is 0. The number of carbonyl (C=O) groups excluding carboxylic acids is 2.